The van der Waals surface area contributed by atoms with Gasteiger partial charge < -0.3 is 35.5 Å². The van der Waals surface area contributed by atoms with Crippen molar-refractivity contribution in [3.8, 4) is 5.75 Å². The van der Waals surface area contributed by atoms with Crippen LogP contribution < -0.4 is 21.3 Å². The van der Waals surface area contributed by atoms with Gasteiger partial charge in [0, 0.05) is 13.1 Å². The fraction of sp³-hybridized carbons (Fsp3) is 0.636. The van der Waals surface area contributed by atoms with Crippen LogP contribution in [0.2, 0.25) is 0 Å². The lowest BCUT2D eigenvalue weighted by Gasteiger charge is -2.15. The molecule has 46 heavy (non-hydrogen) atoms. The van der Waals surface area contributed by atoms with Gasteiger partial charge in [-0.25, -0.2) is 19.5 Å². The number of aromatic nitrogens is 4. The number of nitrogens with one attached hydrogen (secondary N) is 1. The first-order valence-electron chi connectivity index (χ1n) is 16.9. The highest BCUT2D eigenvalue weighted by Crippen LogP contribution is 2.42. The lowest BCUT2D eigenvalue weighted by molar-refractivity contribution is -0.122. The Morgan fingerprint density at radius 1 is 0.935 bits per heavy atom. The van der Waals surface area contributed by atoms with Crippen molar-refractivity contribution < 1.29 is 23.5 Å². The maximum atomic E-state index is 12.5. The van der Waals surface area contributed by atoms with Crippen molar-refractivity contribution in [2.75, 3.05) is 25.2 Å². The van der Waals surface area contributed by atoms with E-state index in [0.29, 0.717) is 30.7 Å². The lowest BCUT2D eigenvalue weighted by Crippen LogP contribution is -2.42. The Balaban J connectivity index is 1.22. The number of carbonyl (C=O) groups is 1. The highest BCUT2D eigenvalue weighted by Gasteiger charge is 2.22. The summed E-state index contributed by atoms with van der Waals surface area (Å²) in [5, 5.41) is 2.94. The summed E-state index contributed by atoms with van der Waals surface area (Å²) in [5.74, 6) is 0.332. The Bertz CT molecular complexity index is 1340. The number of amides is 1. The fourth-order valence-electron chi connectivity index (χ4n) is 5.29. The molecule has 2 heterocycles. The molecular formula is C33H54N7O5P. The van der Waals surface area contributed by atoms with E-state index in [0.717, 1.165) is 18.4 Å². The van der Waals surface area contributed by atoms with Gasteiger partial charge in [-0.3, -0.25) is 4.79 Å². The Kier molecular flexibility index (Phi) is 17.0. The average Bonchev–Trinajstić information content (AvgIpc) is 3.46. The third-order valence-corrected chi connectivity index (χ3v) is 8.96. The normalized spacial score (nSPS) is 13.5. The number of carbonyl (C=O) groups excluding carboxylic acids is 1. The number of anilines is 1. The molecule has 0 bridgehead atoms. The van der Waals surface area contributed by atoms with Gasteiger partial charge in [-0.05, 0) is 30.5 Å². The molecule has 0 saturated heterocycles. The van der Waals surface area contributed by atoms with Crippen LogP contribution in [0.15, 0.2) is 36.9 Å². The summed E-state index contributed by atoms with van der Waals surface area (Å²) >= 11 is 0. The van der Waals surface area contributed by atoms with E-state index in [4.69, 9.17) is 20.7 Å². The second kappa shape index (κ2) is 20.9. The molecule has 12 nitrogen and oxygen atoms in total. The zero-order valence-corrected chi connectivity index (χ0v) is 28.3. The van der Waals surface area contributed by atoms with Crippen molar-refractivity contribution in [1.82, 2.24) is 24.8 Å². The first-order chi connectivity index (χ1) is 22.3. The van der Waals surface area contributed by atoms with Gasteiger partial charge >= 0.3 is 7.60 Å². The summed E-state index contributed by atoms with van der Waals surface area (Å²) in [6.45, 7) is 3.39. The molecule has 0 saturated carbocycles. The third kappa shape index (κ3) is 14.2. The highest BCUT2D eigenvalue weighted by atomic mass is 31.2. The van der Waals surface area contributed by atoms with Crippen LogP contribution in [-0.2, 0) is 27.1 Å². The molecule has 0 aliphatic heterocycles. The number of fused-ring (bicyclic) bond motifs is 1. The Labute approximate surface area is 273 Å². The van der Waals surface area contributed by atoms with Gasteiger partial charge in [0.05, 0.1) is 19.0 Å². The monoisotopic (exact) mass is 659 g/mol. The molecule has 0 spiro atoms. The Morgan fingerprint density at radius 2 is 1.54 bits per heavy atom. The standard InChI is InChI=1S/C33H54N7O5P/c1-2-3-4-5-6-7-8-9-10-11-12-13-14-15-20-36-33(41)29(34)23-27-16-18-28(19-17-27)45-46(42,43)26-44-22-21-40-25-39-30-31(35)37-24-38-32(30)40/h16-19,24-25,29H,2-15,20-23,26,34H2,1H3,(H,36,41)(H,42,43)(H2,35,37,38). The first kappa shape index (κ1) is 37.4. The molecule has 2 atom stereocenters. The van der Waals surface area contributed by atoms with E-state index >= 15 is 0 Å². The van der Waals surface area contributed by atoms with Crippen molar-refractivity contribution in [2.45, 2.75) is 116 Å². The van der Waals surface area contributed by atoms with Crippen LogP contribution in [0, 0.1) is 0 Å². The minimum absolute atomic E-state index is 0.140. The predicted molar refractivity (Wildman–Crippen MR) is 182 cm³/mol. The minimum atomic E-state index is -4.05. The molecule has 1 aromatic carbocycles. The molecule has 1 amide bonds. The van der Waals surface area contributed by atoms with Gasteiger partial charge in [-0.15, -0.1) is 0 Å². The van der Waals surface area contributed by atoms with Crippen LogP contribution in [0.25, 0.3) is 11.2 Å². The average molecular weight is 660 g/mol. The quantitative estimate of drug-likeness (QED) is 0.0612. The predicted octanol–water partition coefficient (Wildman–Crippen LogP) is 6.11. The summed E-state index contributed by atoms with van der Waals surface area (Å²) in [4.78, 5) is 34.9. The van der Waals surface area contributed by atoms with Gasteiger partial charge in [0.25, 0.3) is 0 Å². The van der Waals surface area contributed by atoms with E-state index in [1.807, 2.05) is 0 Å². The SMILES string of the molecule is CCCCCCCCCCCCCCCCNC(=O)C(N)Cc1ccc(OP(=O)(O)COCCn2cnc3c(N)ncnc32)cc1. The van der Waals surface area contributed by atoms with Crippen LogP contribution in [0.4, 0.5) is 5.82 Å². The summed E-state index contributed by atoms with van der Waals surface area (Å²) in [6, 6.07) is 5.95. The number of hydrogen-bond donors (Lipinski definition) is 4. The van der Waals surface area contributed by atoms with Crippen molar-refractivity contribution in [3.63, 3.8) is 0 Å². The number of hydrogen-bond acceptors (Lipinski definition) is 9. The largest absolute Gasteiger partial charge is 0.423 e. The Morgan fingerprint density at radius 3 is 2.17 bits per heavy atom. The third-order valence-electron chi connectivity index (χ3n) is 7.95. The molecule has 3 rings (SSSR count). The van der Waals surface area contributed by atoms with E-state index in [2.05, 4.69) is 27.2 Å². The van der Waals surface area contributed by atoms with Crippen LogP contribution in [0.1, 0.15) is 102 Å². The van der Waals surface area contributed by atoms with Crippen LogP contribution in [0.3, 0.4) is 0 Å². The van der Waals surface area contributed by atoms with Gasteiger partial charge in [0.1, 0.15) is 17.6 Å². The zero-order chi connectivity index (χ0) is 33.0. The second-order valence-corrected chi connectivity index (χ2v) is 13.7. The molecule has 3 aromatic rings. The van der Waals surface area contributed by atoms with Crippen molar-refractivity contribution in [1.29, 1.82) is 0 Å². The number of benzene rings is 1. The number of rotatable bonds is 25. The molecular weight excluding hydrogens is 605 g/mol. The van der Waals surface area contributed by atoms with E-state index in [1.54, 1.807) is 35.2 Å². The van der Waals surface area contributed by atoms with E-state index in [9.17, 15) is 14.3 Å². The molecule has 6 N–H and O–H groups in total. The van der Waals surface area contributed by atoms with Crippen LogP contribution in [-0.4, -0.2) is 55.9 Å². The van der Waals surface area contributed by atoms with Gasteiger partial charge in [-0.2, -0.15) is 0 Å². The molecule has 0 radical (unpaired) electrons. The molecule has 13 heteroatoms. The molecule has 0 fully saturated rings. The van der Waals surface area contributed by atoms with E-state index in [1.165, 1.54) is 83.4 Å². The van der Waals surface area contributed by atoms with E-state index < -0.39 is 20.0 Å². The Hall–Kier alpha value is -3.05. The second-order valence-electron chi connectivity index (χ2n) is 12.0. The maximum absolute atomic E-state index is 12.5. The smallest absolute Gasteiger partial charge is 0.402 e. The summed E-state index contributed by atoms with van der Waals surface area (Å²) in [6.07, 6.45) is 20.9. The molecule has 0 aliphatic rings. The number of nitrogens with zero attached hydrogens (tertiary/aromatic N) is 4. The van der Waals surface area contributed by atoms with Crippen molar-refractivity contribution in [2.24, 2.45) is 5.73 Å². The van der Waals surface area contributed by atoms with Gasteiger partial charge in [-0.1, -0.05) is 103 Å². The first-order valence-corrected chi connectivity index (χ1v) is 18.7. The lowest BCUT2D eigenvalue weighted by atomic mass is 10.0. The summed E-state index contributed by atoms with van der Waals surface area (Å²) < 4.78 is 24.9. The van der Waals surface area contributed by atoms with E-state index in [-0.39, 0.29) is 24.1 Å². The fourth-order valence-corrected chi connectivity index (χ4v) is 6.16. The topological polar surface area (TPSA) is 181 Å². The van der Waals surface area contributed by atoms with Crippen LogP contribution in [0.5, 0.6) is 5.75 Å². The van der Waals surface area contributed by atoms with Crippen LogP contribution >= 0.6 is 7.60 Å². The molecule has 0 aliphatic carbocycles. The molecule has 2 unspecified atom stereocenters. The number of unbranched alkanes of at least 4 members (excludes halogenated alkanes) is 13. The number of ether oxygens (including phenoxy) is 1. The van der Waals surface area contributed by atoms with Gasteiger partial charge in [0.2, 0.25) is 5.91 Å². The molecule has 2 aromatic heterocycles. The van der Waals surface area contributed by atoms with Crippen molar-refractivity contribution >= 4 is 30.5 Å². The maximum Gasteiger partial charge on any atom is 0.402 e. The summed E-state index contributed by atoms with van der Waals surface area (Å²) in [5.41, 5.74) is 13.8. The summed E-state index contributed by atoms with van der Waals surface area (Å²) in [7, 11) is -4.05. The number of nitrogen functional groups attached to an aromatic ring is 1. The zero-order valence-electron chi connectivity index (χ0n) is 27.4. The number of imidazole rings is 1. The molecule has 256 valence electrons. The minimum Gasteiger partial charge on any atom is -0.423 e. The van der Waals surface area contributed by atoms with Crippen molar-refractivity contribution in [3.05, 3.63) is 42.5 Å². The number of nitrogens with two attached hydrogens (primary N) is 2. The highest BCUT2D eigenvalue weighted by molar-refractivity contribution is 7.53. The van der Waals surface area contributed by atoms with Gasteiger partial charge in [0.15, 0.2) is 17.8 Å².